The number of hydrogen-bond acceptors (Lipinski definition) is 0. The van der Waals surface area contributed by atoms with Crippen LogP contribution < -0.4 is 0 Å². The molecule has 4 aliphatic rings. The molecule has 0 heterocycles. The van der Waals surface area contributed by atoms with Crippen molar-refractivity contribution < 1.29 is 0 Å². The van der Waals surface area contributed by atoms with Gasteiger partial charge in [0.2, 0.25) is 0 Å². The summed E-state index contributed by atoms with van der Waals surface area (Å²) in [5.41, 5.74) is 4.41. The lowest BCUT2D eigenvalue weighted by atomic mass is 9.57. The van der Waals surface area contributed by atoms with Crippen LogP contribution in [0.2, 0.25) is 0 Å². The molecular formula is C18H26. The van der Waals surface area contributed by atoms with E-state index >= 15 is 0 Å². The van der Waals surface area contributed by atoms with E-state index in [2.05, 4.69) is 19.1 Å². The van der Waals surface area contributed by atoms with Crippen molar-refractivity contribution in [3.05, 3.63) is 23.3 Å². The van der Waals surface area contributed by atoms with Crippen LogP contribution in [-0.4, -0.2) is 0 Å². The Hall–Kier alpha value is -0.520. The average Bonchev–Trinajstić information content (AvgIpc) is 2.80. The molecule has 0 heteroatoms. The first-order valence-electron chi connectivity index (χ1n) is 8.17. The topological polar surface area (TPSA) is 0 Å². The van der Waals surface area contributed by atoms with Gasteiger partial charge in [-0.3, -0.25) is 0 Å². The van der Waals surface area contributed by atoms with Crippen LogP contribution in [0.3, 0.4) is 0 Å². The van der Waals surface area contributed by atoms with Gasteiger partial charge in [-0.15, -0.1) is 0 Å². The Morgan fingerprint density at radius 1 is 1.11 bits per heavy atom. The van der Waals surface area contributed by atoms with Crippen LogP contribution in [0.1, 0.15) is 64.7 Å². The van der Waals surface area contributed by atoms with Crippen molar-refractivity contribution >= 4 is 0 Å². The second kappa shape index (κ2) is 3.99. The summed E-state index contributed by atoms with van der Waals surface area (Å²) >= 11 is 0. The Morgan fingerprint density at radius 3 is 3.00 bits per heavy atom. The van der Waals surface area contributed by atoms with Gasteiger partial charge in [0.15, 0.2) is 0 Å². The molecule has 2 saturated carbocycles. The Labute approximate surface area is 112 Å². The van der Waals surface area contributed by atoms with Crippen LogP contribution in [0.4, 0.5) is 0 Å². The van der Waals surface area contributed by atoms with Crippen molar-refractivity contribution in [3.8, 4) is 0 Å². The third-order valence-electron chi connectivity index (χ3n) is 6.67. The average molecular weight is 242 g/mol. The molecule has 0 aliphatic heterocycles. The van der Waals surface area contributed by atoms with E-state index in [1.807, 2.05) is 5.57 Å². The standard InChI is InChI=1S/C18H26/c1-18-11-4-7-17(18)16-9-8-13-5-2-3-6-14(13)15(16)10-12-18/h3,6,13,16-17H,2,4-5,7-12H2,1H3/t13?,16-,17+,18+/m1/s1. The molecule has 98 valence electrons. The lowest BCUT2D eigenvalue weighted by Crippen LogP contribution is -2.37. The lowest BCUT2D eigenvalue weighted by molar-refractivity contribution is 0.110. The predicted molar refractivity (Wildman–Crippen MR) is 76.3 cm³/mol. The van der Waals surface area contributed by atoms with E-state index in [0.717, 1.165) is 17.8 Å². The molecule has 4 rings (SSSR count). The summed E-state index contributed by atoms with van der Waals surface area (Å²) in [7, 11) is 0. The van der Waals surface area contributed by atoms with E-state index in [0.29, 0.717) is 5.41 Å². The van der Waals surface area contributed by atoms with Gasteiger partial charge in [-0.2, -0.15) is 0 Å². The summed E-state index contributed by atoms with van der Waals surface area (Å²) in [5, 5.41) is 0. The zero-order valence-corrected chi connectivity index (χ0v) is 11.8. The third kappa shape index (κ3) is 1.50. The molecule has 2 fully saturated rings. The fourth-order valence-electron chi connectivity index (χ4n) is 5.69. The maximum absolute atomic E-state index is 2.59. The monoisotopic (exact) mass is 242 g/mol. The van der Waals surface area contributed by atoms with Crippen LogP contribution in [0.15, 0.2) is 23.3 Å². The molecule has 0 aromatic carbocycles. The molecule has 1 unspecified atom stereocenters. The number of rotatable bonds is 0. The zero-order valence-electron chi connectivity index (χ0n) is 11.8. The fourth-order valence-corrected chi connectivity index (χ4v) is 5.69. The van der Waals surface area contributed by atoms with E-state index in [4.69, 9.17) is 0 Å². The first-order chi connectivity index (χ1) is 8.78. The molecule has 4 aliphatic carbocycles. The second-order valence-corrected chi connectivity index (χ2v) is 7.49. The SMILES string of the molecule is C[C@@]12CCC[C@H]1[C@@H]1CCC3CCC=CC3=C1CC2. The Bertz CT molecular complexity index is 414. The lowest BCUT2D eigenvalue weighted by Gasteiger charge is -2.48. The van der Waals surface area contributed by atoms with Crippen LogP contribution in [0, 0.1) is 23.2 Å². The number of allylic oxidation sites excluding steroid dienone is 4. The molecule has 0 aromatic rings. The van der Waals surface area contributed by atoms with E-state index in [1.165, 1.54) is 57.8 Å². The Morgan fingerprint density at radius 2 is 2.06 bits per heavy atom. The second-order valence-electron chi connectivity index (χ2n) is 7.49. The van der Waals surface area contributed by atoms with Gasteiger partial charge in [-0.05, 0) is 80.1 Å². The summed E-state index contributed by atoms with van der Waals surface area (Å²) in [6.07, 6.45) is 18.1. The molecule has 0 aromatic heterocycles. The van der Waals surface area contributed by atoms with Gasteiger partial charge in [-0.1, -0.05) is 31.1 Å². The minimum atomic E-state index is 0.708. The highest BCUT2D eigenvalue weighted by Crippen LogP contribution is 2.59. The molecule has 4 atom stereocenters. The first-order valence-corrected chi connectivity index (χ1v) is 8.17. The Balaban J connectivity index is 1.74. The minimum absolute atomic E-state index is 0.708. The maximum Gasteiger partial charge on any atom is -0.0159 e. The van der Waals surface area contributed by atoms with Crippen LogP contribution in [0.5, 0.6) is 0 Å². The summed E-state index contributed by atoms with van der Waals surface area (Å²) in [6, 6.07) is 0. The van der Waals surface area contributed by atoms with Gasteiger partial charge >= 0.3 is 0 Å². The van der Waals surface area contributed by atoms with Crippen LogP contribution >= 0.6 is 0 Å². The van der Waals surface area contributed by atoms with E-state index in [-0.39, 0.29) is 0 Å². The number of fused-ring (bicyclic) bond motifs is 4. The molecule has 0 saturated heterocycles. The molecule has 0 bridgehead atoms. The number of hydrogen-bond donors (Lipinski definition) is 0. The van der Waals surface area contributed by atoms with E-state index in [1.54, 1.807) is 5.57 Å². The summed E-state index contributed by atoms with van der Waals surface area (Å²) < 4.78 is 0. The summed E-state index contributed by atoms with van der Waals surface area (Å²) in [5.74, 6) is 2.94. The van der Waals surface area contributed by atoms with E-state index < -0.39 is 0 Å². The summed E-state index contributed by atoms with van der Waals surface area (Å²) in [4.78, 5) is 0. The largest absolute Gasteiger partial charge is 0.0842 e. The molecule has 0 spiro atoms. The van der Waals surface area contributed by atoms with Crippen molar-refractivity contribution in [3.63, 3.8) is 0 Å². The molecule has 0 N–H and O–H groups in total. The van der Waals surface area contributed by atoms with Crippen molar-refractivity contribution in [1.29, 1.82) is 0 Å². The normalized spacial score (nSPS) is 46.6. The predicted octanol–water partition coefficient (Wildman–Crippen LogP) is 5.26. The van der Waals surface area contributed by atoms with E-state index in [9.17, 15) is 0 Å². The molecule has 0 nitrogen and oxygen atoms in total. The van der Waals surface area contributed by atoms with Crippen molar-refractivity contribution in [2.45, 2.75) is 64.7 Å². The molecular weight excluding hydrogens is 216 g/mol. The third-order valence-corrected chi connectivity index (χ3v) is 6.67. The van der Waals surface area contributed by atoms with Gasteiger partial charge in [0.25, 0.3) is 0 Å². The van der Waals surface area contributed by atoms with Crippen LogP contribution in [0.25, 0.3) is 0 Å². The fraction of sp³-hybridized carbons (Fsp3) is 0.778. The Kier molecular flexibility index (Phi) is 2.51. The molecule has 18 heavy (non-hydrogen) atoms. The van der Waals surface area contributed by atoms with Crippen LogP contribution in [-0.2, 0) is 0 Å². The van der Waals surface area contributed by atoms with Crippen molar-refractivity contribution in [1.82, 2.24) is 0 Å². The van der Waals surface area contributed by atoms with Crippen molar-refractivity contribution in [2.75, 3.05) is 0 Å². The van der Waals surface area contributed by atoms with Gasteiger partial charge in [-0.25, -0.2) is 0 Å². The highest BCUT2D eigenvalue weighted by atomic mass is 14.5. The first kappa shape index (κ1) is 11.3. The van der Waals surface area contributed by atoms with Crippen molar-refractivity contribution in [2.24, 2.45) is 23.2 Å². The highest BCUT2D eigenvalue weighted by Gasteiger charge is 2.48. The molecule has 0 amide bonds. The van der Waals surface area contributed by atoms with Gasteiger partial charge in [0.1, 0.15) is 0 Å². The smallest absolute Gasteiger partial charge is 0.0159 e. The highest BCUT2D eigenvalue weighted by molar-refractivity contribution is 5.36. The quantitative estimate of drug-likeness (QED) is 0.543. The summed E-state index contributed by atoms with van der Waals surface area (Å²) in [6.45, 7) is 2.59. The minimum Gasteiger partial charge on any atom is -0.0842 e. The van der Waals surface area contributed by atoms with Gasteiger partial charge in [0.05, 0.1) is 0 Å². The molecule has 0 radical (unpaired) electrons. The van der Waals surface area contributed by atoms with Gasteiger partial charge in [0, 0.05) is 0 Å². The zero-order chi connectivity index (χ0) is 12.2. The van der Waals surface area contributed by atoms with Gasteiger partial charge < -0.3 is 0 Å². The maximum atomic E-state index is 2.59.